The Hall–Kier alpha value is -3.40. The van der Waals surface area contributed by atoms with Crippen molar-refractivity contribution in [2.75, 3.05) is 19.1 Å². The summed E-state index contributed by atoms with van der Waals surface area (Å²) in [5.74, 6) is 0.539. The molecule has 2 aliphatic rings. The number of alkyl halides is 3. The lowest BCUT2D eigenvalue weighted by Gasteiger charge is -2.28. The third kappa shape index (κ3) is 4.38. The van der Waals surface area contributed by atoms with Gasteiger partial charge in [0.2, 0.25) is 5.95 Å². The van der Waals surface area contributed by atoms with Crippen molar-refractivity contribution in [3.05, 3.63) is 83.4 Å². The predicted octanol–water partition coefficient (Wildman–Crippen LogP) is 4.87. The van der Waals surface area contributed by atoms with Crippen LogP contribution in [0.1, 0.15) is 47.4 Å². The fraction of sp³-hybridized carbons (Fsp3) is 0.400. The van der Waals surface area contributed by atoms with Crippen LogP contribution in [-0.2, 0) is 17.5 Å². The molecule has 2 aromatic heterocycles. The van der Waals surface area contributed by atoms with Crippen molar-refractivity contribution in [1.82, 2.24) is 24.3 Å². The first-order chi connectivity index (χ1) is 16.8. The van der Waals surface area contributed by atoms with Crippen molar-refractivity contribution in [2.24, 2.45) is 0 Å². The van der Waals surface area contributed by atoms with E-state index in [2.05, 4.69) is 10.1 Å². The van der Waals surface area contributed by atoms with Gasteiger partial charge in [0.25, 0.3) is 0 Å². The lowest BCUT2D eigenvalue weighted by Crippen LogP contribution is -2.28. The van der Waals surface area contributed by atoms with Crippen LogP contribution in [0.2, 0.25) is 0 Å². The molecule has 184 valence electrons. The molecule has 5 rings (SSSR count). The van der Waals surface area contributed by atoms with Gasteiger partial charge in [0, 0.05) is 38.5 Å². The molecule has 0 spiro atoms. The number of anilines is 1. The van der Waals surface area contributed by atoms with E-state index >= 15 is 0 Å². The Kier molecular flexibility index (Phi) is 6.00. The minimum atomic E-state index is -4.42. The Bertz CT molecular complexity index is 1270. The second-order valence-corrected chi connectivity index (χ2v) is 8.94. The number of imidazole rings is 1. The van der Waals surface area contributed by atoms with Crippen LogP contribution in [0.15, 0.2) is 60.7 Å². The number of aromatic nitrogens is 5. The zero-order valence-corrected chi connectivity index (χ0v) is 19.8. The summed E-state index contributed by atoms with van der Waals surface area (Å²) in [6.45, 7) is 2.56. The highest BCUT2D eigenvalue weighted by molar-refractivity contribution is 5.47. The number of ether oxygens (including phenoxy) is 1. The first kappa shape index (κ1) is 23.3. The predicted molar refractivity (Wildman–Crippen MR) is 125 cm³/mol. The molecule has 0 amide bonds. The highest BCUT2D eigenvalue weighted by Gasteiger charge is 2.37. The Morgan fingerprint density at radius 3 is 2.71 bits per heavy atom. The molecule has 3 heterocycles. The second kappa shape index (κ2) is 8.99. The van der Waals surface area contributed by atoms with Crippen LogP contribution in [-0.4, -0.2) is 44.6 Å². The van der Waals surface area contributed by atoms with Crippen LogP contribution >= 0.6 is 0 Å². The van der Waals surface area contributed by atoms with Gasteiger partial charge in [0.1, 0.15) is 11.9 Å². The van der Waals surface area contributed by atoms with Crippen molar-refractivity contribution < 1.29 is 17.9 Å². The van der Waals surface area contributed by atoms with Crippen LogP contribution in [0.4, 0.5) is 19.1 Å². The molecule has 0 saturated carbocycles. The van der Waals surface area contributed by atoms with Crippen molar-refractivity contribution >= 4 is 5.95 Å². The molecular weight excluding hydrogens is 457 g/mol. The molecule has 1 aliphatic heterocycles. The number of hydrogen-bond donors (Lipinski definition) is 0. The molecule has 10 heteroatoms. The van der Waals surface area contributed by atoms with Gasteiger partial charge in [-0.15, -0.1) is 5.10 Å². The first-order valence-corrected chi connectivity index (χ1v) is 11.5. The molecule has 1 aliphatic carbocycles. The number of benzene rings is 1. The van der Waals surface area contributed by atoms with E-state index in [1.807, 2.05) is 47.9 Å². The number of hydrogen-bond acceptors (Lipinski definition) is 5. The van der Waals surface area contributed by atoms with Crippen LogP contribution in [0.3, 0.4) is 0 Å². The lowest BCUT2D eigenvalue weighted by molar-refractivity contribution is -0.138. The first-order valence-electron chi connectivity index (χ1n) is 11.5. The number of likely N-dealkylation sites (N-methyl/N-ethyl adjacent to an activating group) is 1. The minimum Gasteiger partial charge on any atom is -0.375 e. The van der Waals surface area contributed by atoms with Crippen LogP contribution in [0, 0.1) is 6.92 Å². The number of aryl methyl sites for hydroxylation is 2. The average Bonchev–Trinajstić information content (AvgIpc) is 3.48. The topological polar surface area (TPSA) is 61.0 Å². The van der Waals surface area contributed by atoms with Crippen molar-refractivity contribution in [2.45, 2.75) is 50.6 Å². The van der Waals surface area contributed by atoms with Crippen molar-refractivity contribution in [3.8, 4) is 0 Å². The maximum atomic E-state index is 13.7. The van der Waals surface area contributed by atoms with E-state index in [0.717, 1.165) is 23.9 Å². The molecule has 0 radical (unpaired) electrons. The summed E-state index contributed by atoms with van der Waals surface area (Å²) in [5.41, 5.74) is 1.41. The van der Waals surface area contributed by atoms with Gasteiger partial charge >= 0.3 is 6.18 Å². The second-order valence-electron chi connectivity index (χ2n) is 8.94. The molecule has 7 nitrogen and oxygen atoms in total. The normalized spacial score (nSPS) is 22.1. The summed E-state index contributed by atoms with van der Waals surface area (Å²) in [6, 6.07) is 5.72. The van der Waals surface area contributed by atoms with E-state index in [0.29, 0.717) is 24.7 Å². The van der Waals surface area contributed by atoms with E-state index < -0.39 is 17.7 Å². The Morgan fingerprint density at radius 2 is 2.00 bits per heavy atom. The van der Waals surface area contributed by atoms with Gasteiger partial charge in [-0.05, 0) is 43.5 Å². The summed E-state index contributed by atoms with van der Waals surface area (Å²) in [6.07, 6.45) is 6.44. The molecule has 35 heavy (non-hydrogen) atoms. The van der Waals surface area contributed by atoms with Gasteiger partial charge < -0.3 is 14.2 Å². The molecule has 0 N–H and O–H groups in total. The minimum absolute atomic E-state index is 0.0373. The zero-order valence-electron chi connectivity index (χ0n) is 19.8. The number of methoxy groups -OCH3 is 1. The number of nitrogens with zero attached hydrogens (tertiary/aromatic N) is 6. The quantitative estimate of drug-likeness (QED) is 0.517. The van der Waals surface area contributed by atoms with Crippen molar-refractivity contribution in [3.63, 3.8) is 0 Å². The lowest BCUT2D eigenvalue weighted by atomic mass is 9.88. The van der Waals surface area contributed by atoms with Gasteiger partial charge in [-0.3, -0.25) is 0 Å². The molecular formula is C25H27F3N6O. The van der Waals surface area contributed by atoms with E-state index in [-0.39, 0.29) is 17.7 Å². The van der Waals surface area contributed by atoms with Gasteiger partial charge in [0.15, 0.2) is 0 Å². The maximum Gasteiger partial charge on any atom is 0.416 e. The smallest absolute Gasteiger partial charge is 0.375 e. The Labute approximate surface area is 201 Å². The Balaban J connectivity index is 1.44. The molecule has 0 fully saturated rings. The summed E-state index contributed by atoms with van der Waals surface area (Å²) in [4.78, 5) is 10.9. The van der Waals surface area contributed by atoms with E-state index in [9.17, 15) is 13.2 Å². The monoisotopic (exact) mass is 484 g/mol. The van der Waals surface area contributed by atoms with E-state index in [1.165, 1.54) is 6.07 Å². The van der Waals surface area contributed by atoms with Gasteiger partial charge in [-0.25, -0.2) is 9.67 Å². The van der Waals surface area contributed by atoms with Crippen LogP contribution < -0.4 is 4.90 Å². The average molecular weight is 485 g/mol. The fourth-order valence-electron chi connectivity index (χ4n) is 4.88. The van der Waals surface area contributed by atoms with E-state index in [4.69, 9.17) is 9.72 Å². The third-order valence-electron chi connectivity index (χ3n) is 6.68. The standard InChI is InChI=1S/C25H27F3N6O/c1-16-14-33(15-29-16)21-11-10-17(13-22(21)35-3)32(2)24-30-23-19(8-6-12-34(23)31-24)18-7-4-5-9-20(18)25(26,27)28/h4-5,7,9-11,13-15,19,21-22H,6,8,12H2,1-3H3. The van der Waals surface area contributed by atoms with Gasteiger partial charge in [0.05, 0.1) is 23.6 Å². The molecule has 1 aromatic carbocycles. The zero-order chi connectivity index (χ0) is 24.7. The highest BCUT2D eigenvalue weighted by Crippen LogP contribution is 2.41. The van der Waals surface area contributed by atoms with Crippen molar-refractivity contribution in [1.29, 1.82) is 0 Å². The number of allylic oxidation sites excluding steroid dienone is 1. The number of halogens is 3. The third-order valence-corrected chi connectivity index (χ3v) is 6.68. The number of rotatable bonds is 5. The largest absolute Gasteiger partial charge is 0.416 e. The summed E-state index contributed by atoms with van der Waals surface area (Å²) in [7, 11) is 3.51. The summed E-state index contributed by atoms with van der Waals surface area (Å²) in [5, 5.41) is 4.64. The molecule has 3 unspecified atom stereocenters. The molecule has 3 aromatic rings. The summed E-state index contributed by atoms with van der Waals surface area (Å²) >= 11 is 0. The summed E-state index contributed by atoms with van der Waals surface area (Å²) < 4.78 is 50.6. The maximum absolute atomic E-state index is 13.7. The fourth-order valence-corrected chi connectivity index (χ4v) is 4.88. The van der Waals surface area contributed by atoms with Gasteiger partial charge in [-0.1, -0.05) is 24.3 Å². The molecule has 0 saturated heterocycles. The number of fused-ring (bicyclic) bond motifs is 1. The SMILES string of the molecule is COC1C=C(N(C)c2nc3n(n2)CCCC3c2ccccc2C(F)(F)F)C=CC1n1cnc(C)c1. The molecule has 3 atom stereocenters. The molecule has 0 bridgehead atoms. The van der Waals surface area contributed by atoms with Gasteiger partial charge in [-0.2, -0.15) is 18.2 Å². The highest BCUT2D eigenvalue weighted by atomic mass is 19.4. The van der Waals surface area contributed by atoms with Crippen LogP contribution in [0.25, 0.3) is 0 Å². The van der Waals surface area contributed by atoms with E-state index in [1.54, 1.807) is 30.3 Å². The Morgan fingerprint density at radius 1 is 1.20 bits per heavy atom. The van der Waals surface area contributed by atoms with Crippen LogP contribution in [0.5, 0.6) is 0 Å².